The molecular weight excluding hydrogens is 893 g/mol. The van der Waals surface area contributed by atoms with Gasteiger partial charge in [0, 0.05) is 36.5 Å². The van der Waals surface area contributed by atoms with Gasteiger partial charge in [-0.3, -0.25) is 0 Å². The predicted octanol–water partition coefficient (Wildman–Crippen LogP) is 17.9. The molecule has 0 saturated heterocycles. The van der Waals surface area contributed by atoms with E-state index in [1.807, 2.05) is 12.1 Å². The van der Waals surface area contributed by atoms with Crippen molar-refractivity contribution in [2.24, 2.45) is 0 Å². The Morgan fingerprint density at radius 2 is 0.419 bits per heavy atom. The van der Waals surface area contributed by atoms with Crippen LogP contribution >= 0.6 is 0 Å². The van der Waals surface area contributed by atoms with E-state index in [1.165, 1.54) is 89.3 Å². The van der Waals surface area contributed by atoms with Gasteiger partial charge >= 0.3 is 0 Å². The zero-order chi connectivity index (χ0) is 51.5. The second-order valence-corrected chi connectivity index (χ2v) is 21.6. The molecule has 0 heterocycles. The fourth-order valence-corrected chi connectivity index (χ4v) is 11.5. The third-order valence-electron chi connectivity index (χ3n) is 15.6. The maximum absolute atomic E-state index is 2.31. The van der Waals surface area contributed by atoms with Crippen molar-refractivity contribution < 1.29 is 0 Å². The first-order valence-electron chi connectivity index (χ1n) is 26.1. The van der Waals surface area contributed by atoms with E-state index in [0.717, 1.165) is 0 Å². The standard InChI is InChI=1S/C25H16.C25H18.2C11H17N/c1-5-13-21-17(9-1)18-10-2-6-14-22(18)25(21)23-15-7-3-11-19(23)20-12-4-8-16-24(20)25;1-3-11-19(12-4-1)25(20-13-5-2-6-14-20)23-17-9-7-15-21(23)22-16-8-10-18-24(22)25;2*1-11(2,3)12(4)10-8-6-5-7-9-10/h1-16H;1-18H;2*5-9H,1-4H3. The Hall–Kier alpha value is -8.20. The van der Waals surface area contributed by atoms with Crippen molar-refractivity contribution in [1.82, 2.24) is 0 Å². The van der Waals surface area contributed by atoms with Gasteiger partial charge in [-0.15, -0.1) is 0 Å². The topological polar surface area (TPSA) is 6.48 Å². The fourth-order valence-electron chi connectivity index (χ4n) is 11.5. The summed E-state index contributed by atoms with van der Waals surface area (Å²) in [5.41, 5.74) is 21.7. The van der Waals surface area contributed by atoms with Gasteiger partial charge in [-0.2, -0.15) is 0 Å². The molecule has 366 valence electrons. The van der Waals surface area contributed by atoms with Gasteiger partial charge in [0.2, 0.25) is 0 Å². The van der Waals surface area contributed by atoms with Gasteiger partial charge in [0.1, 0.15) is 0 Å². The summed E-state index contributed by atoms with van der Waals surface area (Å²) in [6, 6.07) is 96.0. The van der Waals surface area contributed by atoms with Gasteiger partial charge in [0.15, 0.2) is 0 Å². The number of benzene rings is 10. The van der Waals surface area contributed by atoms with E-state index in [9.17, 15) is 0 Å². The van der Waals surface area contributed by atoms with Crippen molar-refractivity contribution in [3.8, 4) is 33.4 Å². The van der Waals surface area contributed by atoms with Crippen LogP contribution in [0, 0.1) is 0 Å². The molecular formula is C72H68N2. The molecule has 0 atom stereocenters. The van der Waals surface area contributed by atoms with Crippen LogP contribution in [0.25, 0.3) is 33.4 Å². The van der Waals surface area contributed by atoms with Gasteiger partial charge in [-0.25, -0.2) is 0 Å². The van der Waals surface area contributed by atoms with Crippen LogP contribution < -0.4 is 9.80 Å². The van der Waals surface area contributed by atoms with E-state index >= 15 is 0 Å². The highest BCUT2D eigenvalue weighted by Crippen LogP contribution is 2.62. The van der Waals surface area contributed by atoms with E-state index < -0.39 is 0 Å². The largest absolute Gasteiger partial charge is 0.370 e. The molecule has 0 fully saturated rings. The monoisotopic (exact) mass is 961 g/mol. The lowest BCUT2D eigenvalue weighted by Crippen LogP contribution is -2.37. The normalized spacial score (nSPS) is 13.4. The molecule has 10 aromatic rings. The van der Waals surface area contributed by atoms with Crippen LogP contribution in [0.1, 0.15) is 86.1 Å². The number of fused-ring (bicyclic) bond motifs is 13. The number of anilines is 2. The Labute approximate surface area is 441 Å². The zero-order valence-electron chi connectivity index (χ0n) is 44.3. The molecule has 0 unspecified atom stereocenters. The zero-order valence-corrected chi connectivity index (χ0v) is 44.3. The van der Waals surface area contributed by atoms with Gasteiger partial charge in [-0.05, 0) is 144 Å². The highest BCUT2D eigenvalue weighted by molar-refractivity contribution is 5.95. The fraction of sp³-hybridized carbons (Fsp3) is 0.167. The Morgan fingerprint density at radius 1 is 0.230 bits per heavy atom. The van der Waals surface area contributed by atoms with E-state index in [4.69, 9.17) is 0 Å². The molecule has 0 radical (unpaired) electrons. The average Bonchev–Trinajstić information content (AvgIpc) is 4.09. The summed E-state index contributed by atoms with van der Waals surface area (Å²) >= 11 is 0. The van der Waals surface area contributed by atoms with Gasteiger partial charge < -0.3 is 9.80 Å². The van der Waals surface area contributed by atoms with Crippen LogP contribution in [0.2, 0.25) is 0 Å². The SMILES string of the molecule is CN(c1ccccc1)C(C)(C)C.CN(c1ccccc1)C(C)(C)C.c1ccc(C2(c3ccccc3)c3ccccc3-c3ccccc32)cc1.c1ccc2c(c1)-c1ccccc1C21c2ccccc2-c2ccccc21. The predicted molar refractivity (Wildman–Crippen MR) is 316 cm³/mol. The summed E-state index contributed by atoms with van der Waals surface area (Å²) in [7, 11) is 4.24. The molecule has 0 saturated carbocycles. The molecule has 2 heteroatoms. The lowest BCUT2D eigenvalue weighted by atomic mass is 9.68. The van der Waals surface area contributed by atoms with Crippen LogP contribution in [-0.4, -0.2) is 25.2 Å². The second-order valence-electron chi connectivity index (χ2n) is 21.6. The Balaban J connectivity index is 0.000000120. The molecule has 3 aliphatic carbocycles. The third kappa shape index (κ3) is 8.73. The molecule has 10 aromatic carbocycles. The van der Waals surface area contributed by atoms with Crippen LogP contribution in [0.3, 0.4) is 0 Å². The van der Waals surface area contributed by atoms with Crippen molar-refractivity contribution >= 4 is 11.4 Å². The molecule has 1 spiro atoms. The summed E-state index contributed by atoms with van der Waals surface area (Å²) < 4.78 is 0. The first-order valence-corrected chi connectivity index (χ1v) is 26.1. The van der Waals surface area contributed by atoms with Crippen LogP contribution in [-0.2, 0) is 10.8 Å². The van der Waals surface area contributed by atoms with Crippen molar-refractivity contribution in [2.45, 2.75) is 63.5 Å². The first kappa shape index (κ1) is 49.4. The Morgan fingerprint density at radius 3 is 0.649 bits per heavy atom. The minimum atomic E-state index is -0.254. The molecule has 3 aliphatic rings. The molecule has 0 amide bonds. The molecule has 2 nitrogen and oxygen atoms in total. The van der Waals surface area contributed by atoms with Crippen molar-refractivity contribution in [3.05, 3.63) is 311 Å². The average molecular weight is 961 g/mol. The first-order chi connectivity index (χ1) is 35.9. The van der Waals surface area contributed by atoms with E-state index in [0.29, 0.717) is 0 Å². The summed E-state index contributed by atoms with van der Waals surface area (Å²) in [6.45, 7) is 13.3. The van der Waals surface area contributed by atoms with Gasteiger partial charge in [0.25, 0.3) is 0 Å². The van der Waals surface area contributed by atoms with Gasteiger partial charge in [-0.1, -0.05) is 243 Å². The summed E-state index contributed by atoms with van der Waals surface area (Å²) in [6.07, 6.45) is 0. The highest BCUT2D eigenvalue weighted by Gasteiger charge is 2.51. The van der Waals surface area contributed by atoms with E-state index in [-0.39, 0.29) is 21.9 Å². The lowest BCUT2D eigenvalue weighted by molar-refractivity contribution is 0.538. The minimum Gasteiger partial charge on any atom is -0.370 e. The summed E-state index contributed by atoms with van der Waals surface area (Å²) in [5.74, 6) is 0. The van der Waals surface area contributed by atoms with Crippen molar-refractivity contribution in [3.63, 3.8) is 0 Å². The highest BCUT2D eigenvalue weighted by atomic mass is 15.2. The van der Waals surface area contributed by atoms with E-state index in [2.05, 4.69) is 320 Å². The lowest BCUT2D eigenvalue weighted by Gasteiger charge is -2.34. The van der Waals surface area contributed by atoms with Gasteiger partial charge in [0.05, 0.1) is 10.8 Å². The van der Waals surface area contributed by atoms with Crippen LogP contribution in [0.4, 0.5) is 11.4 Å². The number of hydrogen-bond acceptors (Lipinski definition) is 2. The molecule has 0 aromatic heterocycles. The molecule has 0 bridgehead atoms. The number of rotatable bonds is 4. The second kappa shape index (κ2) is 20.4. The summed E-state index contributed by atoms with van der Waals surface area (Å²) in [4.78, 5) is 4.54. The van der Waals surface area contributed by atoms with E-state index in [1.54, 1.807) is 0 Å². The number of hydrogen-bond donors (Lipinski definition) is 0. The number of nitrogens with zero attached hydrogens (tertiary/aromatic N) is 2. The van der Waals surface area contributed by atoms with Crippen LogP contribution in [0.5, 0.6) is 0 Å². The maximum atomic E-state index is 2.31. The molecule has 13 rings (SSSR count). The van der Waals surface area contributed by atoms with Crippen LogP contribution in [0.15, 0.2) is 267 Å². The molecule has 74 heavy (non-hydrogen) atoms. The minimum absolute atomic E-state index is 0.180. The third-order valence-corrected chi connectivity index (χ3v) is 15.6. The molecule has 0 aliphatic heterocycles. The van der Waals surface area contributed by atoms with Crippen molar-refractivity contribution in [2.75, 3.05) is 23.9 Å². The maximum Gasteiger partial charge on any atom is 0.0725 e. The summed E-state index contributed by atoms with van der Waals surface area (Å²) in [5, 5.41) is 0. The quantitative estimate of drug-likeness (QED) is 0.173. The molecule has 0 N–H and O–H groups in total. The Bertz CT molecular complexity index is 3040. The Kier molecular flexibility index (Phi) is 13.6. The smallest absolute Gasteiger partial charge is 0.0725 e. The number of para-hydroxylation sites is 2. The van der Waals surface area contributed by atoms with Crippen molar-refractivity contribution in [1.29, 1.82) is 0 Å².